The number of halogens is 1. The fraction of sp³-hybridized carbons (Fsp3) is 0.450. The summed E-state index contributed by atoms with van der Waals surface area (Å²) in [5.74, 6) is -2.23. The van der Waals surface area contributed by atoms with Crippen molar-refractivity contribution in [3.63, 3.8) is 0 Å². The molecule has 9 nitrogen and oxygen atoms in total. The summed E-state index contributed by atoms with van der Waals surface area (Å²) >= 11 is 0. The molecule has 0 atom stereocenters. The molecule has 1 saturated heterocycles. The van der Waals surface area contributed by atoms with Gasteiger partial charge in [0.05, 0.1) is 5.75 Å². The van der Waals surface area contributed by atoms with Crippen LogP contribution in [0, 0.1) is 5.82 Å². The summed E-state index contributed by atoms with van der Waals surface area (Å²) in [5, 5.41) is 12.9. The number of rotatable bonds is 3. The van der Waals surface area contributed by atoms with Gasteiger partial charge in [0.15, 0.2) is 15.5 Å². The molecule has 1 aromatic carbocycles. The molecule has 1 spiro atoms. The van der Waals surface area contributed by atoms with Crippen molar-refractivity contribution < 1.29 is 27.4 Å². The van der Waals surface area contributed by atoms with Gasteiger partial charge in [-0.3, -0.25) is 14.2 Å². The fourth-order valence-corrected chi connectivity index (χ4v) is 6.23. The first-order valence-electron chi connectivity index (χ1n) is 9.92. The maximum atomic E-state index is 13.2. The maximum Gasteiger partial charge on any atom is 0.296 e. The summed E-state index contributed by atoms with van der Waals surface area (Å²) in [5.41, 5.74) is -0.773. The Labute approximate surface area is 177 Å². The van der Waals surface area contributed by atoms with Gasteiger partial charge in [0.2, 0.25) is 5.75 Å². The molecule has 2 aliphatic heterocycles. The van der Waals surface area contributed by atoms with Crippen LogP contribution in [0.4, 0.5) is 4.39 Å². The molecule has 0 saturated carbocycles. The second kappa shape index (κ2) is 8.04. The number of nitrogens with one attached hydrogen (secondary N) is 1. The third kappa shape index (κ3) is 3.72. The number of carbonyl (C=O) groups excluding carboxylic acids is 1. The molecule has 1 fully saturated rings. The van der Waals surface area contributed by atoms with Crippen LogP contribution in [-0.2, 0) is 32.4 Å². The monoisotopic (exact) mass is 451 g/mol. The molecule has 0 bridgehead atoms. The van der Waals surface area contributed by atoms with Crippen molar-refractivity contribution in [2.24, 2.45) is 0 Å². The lowest BCUT2D eigenvalue weighted by Gasteiger charge is -2.35. The molecule has 4 rings (SSSR count). The van der Waals surface area contributed by atoms with Crippen LogP contribution in [0.2, 0.25) is 0 Å². The first kappa shape index (κ1) is 21.4. The van der Waals surface area contributed by atoms with Gasteiger partial charge in [-0.25, -0.2) is 17.8 Å². The minimum absolute atomic E-state index is 0.00985. The van der Waals surface area contributed by atoms with Crippen LogP contribution in [0.15, 0.2) is 29.1 Å². The Morgan fingerprint density at radius 3 is 2.61 bits per heavy atom. The van der Waals surface area contributed by atoms with Crippen LogP contribution in [0.25, 0.3) is 0 Å². The average molecular weight is 451 g/mol. The molecule has 11 heteroatoms. The van der Waals surface area contributed by atoms with Gasteiger partial charge in [-0.15, -0.1) is 0 Å². The Kier molecular flexibility index (Phi) is 5.56. The molecule has 2 aromatic rings. The lowest BCUT2D eigenvalue weighted by Crippen LogP contribution is -2.46. The molecule has 3 heterocycles. The molecule has 166 valence electrons. The van der Waals surface area contributed by atoms with Gasteiger partial charge in [-0.2, -0.15) is 0 Å². The van der Waals surface area contributed by atoms with E-state index in [4.69, 9.17) is 4.74 Å². The summed E-state index contributed by atoms with van der Waals surface area (Å²) < 4.78 is 44.4. The van der Waals surface area contributed by atoms with Crippen molar-refractivity contribution in [2.45, 2.75) is 37.1 Å². The Morgan fingerprint density at radius 1 is 1.26 bits per heavy atom. The van der Waals surface area contributed by atoms with Gasteiger partial charge < -0.3 is 15.2 Å². The van der Waals surface area contributed by atoms with Crippen LogP contribution >= 0.6 is 0 Å². The number of benzene rings is 1. The SMILES string of the molecule is O=C(NCc1ccc(F)cc1)c1nc2n(c(=O)c1O)CCCS(=O)(=O)C21CCOCC1. The zero-order chi connectivity index (χ0) is 22.2. The third-order valence-electron chi connectivity index (χ3n) is 5.82. The molecule has 1 aromatic heterocycles. The lowest BCUT2D eigenvalue weighted by molar-refractivity contribution is 0.0707. The zero-order valence-corrected chi connectivity index (χ0v) is 17.5. The smallest absolute Gasteiger partial charge is 0.296 e. The Hall–Kier alpha value is -2.79. The quantitative estimate of drug-likeness (QED) is 0.708. The van der Waals surface area contributed by atoms with E-state index >= 15 is 0 Å². The second-order valence-corrected chi connectivity index (χ2v) is 10.1. The van der Waals surface area contributed by atoms with E-state index in [2.05, 4.69) is 10.3 Å². The number of aromatic hydroxyl groups is 1. The number of carbonyl (C=O) groups is 1. The van der Waals surface area contributed by atoms with Crippen molar-refractivity contribution in [2.75, 3.05) is 19.0 Å². The first-order chi connectivity index (χ1) is 14.7. The molecule has 2 N–H and O–H groups in total. The molecule has 31 heavy (non-hydrogen) atoms. The number of hydrogen-bond acceptors (Lipinski definition) is 7. The van der Waals surface area contributed by atoms with Crippen molar-refractivity contribution in [1.29, 1.82) is 0 Å². The molecule has 0 unspecified atom stereocenters. The van der Waals surface area contributed by atoms with Crippen molar-refractivity contribution in [1.82, 2.24) is 14.9 Å². The molecule has 0 radical (unpaired) electrons. The van der Waals surface area contributed by atoms with Gasteiger partial charge in [-0.05, 0) is 37.0 Å². The lowest BCUT2D eigenvalue weighted by atomic mass is 9.97. The van der Waals surface area contributed by atoms with E-state index in [0.29, 0.717) is 5.56 Å². The summed E-state index contributed by atoms with van der Waals surface area (Å²) in [6.45, 7) is 0.453. The zero-order valence-electron chi connectivity index (χ0n) is 16.6. The summed E-state index contributed by atoms with van der Waals surface area (Å²) in [7, 11) is -3.68. The number of amides is 1. The second-order valence-electron chi connectivity index (χ2n) is 7.68. The van der Waals surface area contributed by atoms with Crippen LogP contribution in [-0.4, -0.2) is 47.9 Å². The average Bonchev–Trinajstić information content (AvgIpc) is 2.85. The van der Waals surface area contributed by atoms with Crippen LogP contribution in [0.3, 0.4) is 0 Å². The number of nitrogens with zero attached hydrogens (tertiary/aromatic N) is 2. The van der Waals surface area contributed by atoms with Crippen molar-refractivity contribution in [3.05, 3.63) is 57.5 Å². The van der Waals surface area contributed by atoms with E-state index in [0.717, 1.165) is 0 Å². The van der Waals surface area contributed by atoms with E-state index in [1.54, 1.807) is 0 Å². The number of hydrogen-bond donors (Lipinski definition) is 2. The van der Waals surface area contributed by atoms with E-state index in [9.17, 15) is 27.5 Å². The van der Waals surface area contributed by atoms with Gasteiger partial charge in [0.25, 0.3) is 11.5 Å². The van der Waals surface area contributed by atoms with E-state index in [1.807, 2.05) is 0 Å². The Morgan fingerprint density at radius 2 is 1.94 bits per heavy atom. The fourth-order valence-electron chi connectivity index (χ4n) is 4.11. The van der Waals surface area contributed by atoms with Crippen LogP contribution in [0.1, 0.15) is 41.1 Å². The van der Waals surface area contributed by atoms with Crippen LogP contribution < -0.4 is 10.9 Å². The van der Waals surface area contributed by atoms with Crippen molar-refractivity contribution >= 4 is 15.7 Å². The number of fused-ring (bicyclic) bond motifs is 2. The Bertz CT molecular complexity index is 1170. The molecular weight excluding hydrogens is 429 g/mol. The summed E-state index contributed by atoms with van der Waals surface area (Å²) in [6.07, 6.45) is 0.432. The van der Waals surface area contributed by atoms with Crippen molar-refractivity contribution in [3.8, 4) is 5.75 Å². The molecule has 2 aliphatic rings. The van der Waals surface area contributed by atoms with Gasteiger partial charge in [0.1, 0.15) is 16.4 Å². The summed E-state index contributed by atoms with van der Waals surface area (Å²) in [4.78, 5) is 29.8. The minimum atomic E-state index is -3.68. The topological polar surface area (TPSA) is 128 Å². The third-order valence-corrected chi connectivity index (χ3v) is 8.43. The molecular formula is C20H22FN3O6S. The number of ether oxygens (including phenoxy) is 1. The first-order valence-corrected chi connectivity index (χ1v) is 11.6. The number of sulfone groups is 1. The molecule has 0 aliphatic carbocycles. The standard InChI is InChI=1S/C20H22FN3O6S/c21-14-4-2-13(3-5-14)12-22-17(26)15-16(25)18(27)24-8-1-11-31(28,29)20(19(24)23-15)6-9-30-10-7-20/h2-5,25H,1,6-12H2,(H,22,26). The maximum absolute atomic E-state index is 13.2. The van der Waals surface area contributed by atoms with E-state index < -0.39 is 43.3 Å². The summed E-state index contributed by atoms with van der Waals surface area (Å²) in [6, 6.07) is 5.45. The van der Waals surface area contributed by atoms with E-state index in [1.165, 1.54) is 28.8 Å². The highest BCUT2D eigenvalue weighted by molar-refractivity contribution is 7.92. The van der Waals surface area contributed by atoms with Crippen LogP contribution in [0.5, 0.6) is 5.75 Å². The largest absolute Gasteiger partial charge is 0.501 e. The molecule has 1 amide bonds. The highest BCUT2D eigenvalue weighted by atomic mass is 32.2. The van der Waals surface area contributed by atoms with E-state index in [-0.39, 0.29) is 57.1 Å². The Balaban J connectivity index is 1.76. The van der Waals surface area contributed by atoms with Gasteiger partial charge >= 0.3 is 0 Å². The number of aromatic nitrogens is 2. The van der Waals surface area contributed by atoms with Gasteiger partial charge in [0, 0.05) is 26.3 Å². The predicted molar refractivity (Wildman–Crippen MR) is 108 cm³/mol. The minimum Gasteiger partial charge on any atom is -0.501 e. The van der Waals surface area contributed by atoms with Gasteiger partial charge in [-0.1, -0.05) is 12.1 Å². The normalized spacial score (nSPS) is 19.4. The highest BCUT2D eigenvalue weighted by Gasteiger charge is 2.51. The highest BCUT2D eigenvalue weighted by Crippen LogP contribution is 2.41. The predicted octanol–water partition coefficient (Wildman–Crippen LogP) is 0.842.